The summed E-state index contributed by atoms with van der Waals surface area (Å²) in [6, 6.07) is 9.79. The third-order valence-corrected chi connectivity index (χ3v) is 3.97. The average molecular weight is 277 g/mol. The first-order valence-corrected chi connectivity index (χ1v) is 7.29. The lowest BCUT2D eigenvalue weighted by molar-refractivity contribution is -0.171. The Hall–Kier alpha value is -1.39. The van der Waals surface area contributed by atoms with Gasteiger partial charge in [0.05, 0.1) is 6.61 Å². The van der Waals surface area contributed by atoms with E-state index < -0.39 is 11.6 Å². The lowest BCUT2D eigenvalue weighted by Crippen LogP contribution is -2.46. The zero-order valence-corrected chi connectivity index (χ0v) is 11.8. The molecule has 1 aromatic rings. The Kier molecular flexibility index (Phi) is 5.15. The van der Waals surface area contributed by atoms with E-state index in [4.69, 9.17) is 10.5 Å². The van der Waals surface area contributed by atoms with Gasteiger partial charge in [0.15, 0.2) is 5.60 Å². The number of nitrogens with two attached hydrogens (primary N) is 1. The van der Waals surface area contributed by atoms with Crippen LogP contribution in [0, 0.1) is 0 Å². The maximum atomic E-state index is 11.5. The second-order valence-electron chi connectivity index (χ2n) is 5.62. The molecule has 4 heteroatoms. The van der Waals surface area contributed by atoms with Crippen LogP contribution >= 0.6 is 0 Å². The Morgan fingerprint density at radius 1 is 1.25 bits per heavy atom. The largest absolute Gasteiger partial charge is 0.479 e. The van der Waals surface area contributed by atoms with E-state index in [9.17, 15) is 9.90 Å². The summed E-state index contributed by atoms with van der Waals surface area (Å²) in [5.41, 5.74) is 6.21. The molecule has 0 radical (unpaired) electrons. The molecule has 0 amide bonds. The summed E-state index contributed by atoms with van der Waals surface area (Å²) >= 11 is 0. The molecule has 1 saturated carbocycles. The van der Waals surface area contributed by atoms with E-state index >= 15 is 0 Å². The highest BCUT2D eigenvalue weighted by atomic mass is 16.5. The van der Waals surface area contributed by atoms with Gasteiger partial charge in [-0.15, -0.1) is 0 Å². The first-order chi connectivity index (χ1) is 9.62. The molecule has 1 aromatic carbocycles. The summed E-state index contributed by atoms with van der Waals surface area (Å²) in [4.78, 5) is 11.5. The Labute approximate surface area is 119 Å². The quantitative estimate of drug-likeness (QED) is 0.837. The van der Waals surface area contributed by atoms with E-state index in [1.165, 1.54) is 0 Å². The summed E-state index contributed by atoms with van der Waals surface area (Å²) in [7, 11) is 0. The van der Waals surface area contributed by atoms with Crippen LogP contribution < -0.4 is 5.73 Å². The SMILES string of the molecule is NC(COC1(C(=O)O)CCCCC1)Cc1ccccc1. The van der Waals surface area contributed by atoms with Crippen LogP contribution in [-0.2, 0) is 16.0 Å². The minimum absolute atomic E-state index is 0.171. The zero-order chi connectivity index (χ0) is 14.4. The molecule has 1 aliphatic carbocycles. The van der Waals surface area contributed by atoms with Crippen LogP contribution in [0.4, 0.5) is 0 Å². The Morgan fingerprint density at radius 3 is 2.50 bits per heavy atom. The number of hydrogen-bond acceptors (Lipinski definition) is 3. The summed E-state index contributed by atoms with van der Waals surface area (Å²) in [5.74, 6) is -0.843. The van der Waals surface area contributed by atoms with Crippen molar-refractivity contribution >= 4 is 5.97 Å². The monoisotopic (exact) mass is 277 g/mol. The lowest BCUT2D eigenvalue weighted by Gasteiger charge is -2.34. The van der Waals surface area contributed by atoms with Crippen LogP contribution in [0.5, 0.6) is 0 Å². The van der Waals surface area contributed by atoms with Gasteiger partial charge in [0.25, 0.3) is 0 Å². The van der Waals surface area contributed by atoms with E-state index in [-0.39, 0.29) is 6.04 Å². The highest BCUT2D eigenvalue weighted by Crippen LogP contribution is 2.32. The highest BCUT2D eigenvalue weighted by molar-refractivity contribution is 5.77. The van der Waals surface area contributed by atoms with E-state index in [0.29, 0.717) is 25.9 Å². The predicted molar refractivity (Wildman–Crippen MR) is 77.5 cm³/mol. The van der Waals surface area contributed by atoms with Gasteiger partial charge in [-0.2, -0.15) is 0 Å². The molecule has 1 aliphatic rings. The molecule has 0 bridgehead atoms. The van der Waals surface area contributed by atoms with Crippen molar-refractivity contribution in [1.82, 2.24) is 0 Å². The van der Waals surface area contributed by atoms with Crippen LogP contribution in [0.25, 0.3) is 0 Å². The van der Waals surface area contributed by atoms with Gasteiger partial charge in [-0.05, 0) is 37.7 Å². The Balaban J connectivity index is 1.87. The zero-order valence-electron chi connectivity index (χ0n) is 11.8. The van der Waals surface area contributed by atoms with Crippen LogP contribution in [0.1, 0.15) is 37.7 Å². The van der Waals surface area contributed by atoms with Gasteiger partial charge in [-0.1, -0.05) is 36.8 Å². The number of carboxylic acid groups (broad SMARTS) is 1. The molecule has 0 spiro atoms. The third-order valence-electron chi connectivity index (χ3n) is 3.97. The van der Waals surface area contributed by atoms with Crippen molar-refractivity contribution < 1.29 is 14.6 Å². The van der Waals surface area contributed by atoms with Gasteiger partial charge in [0, 0.05) is 6.04 Å². The fourth-order valence-corrected chi connectivity index (χ4v) is 2.79. The van der Waals surface area contributed by atoms with Gasteiger partial charge in [0.2, 0.25) is 0 Å². The maximum absolute atomic E-state index is 11.5. The van der Waals surface area contributed by atoms with E-state index in [2.05, 4.69) is 0 Å². The van der Waals surface area contributed by atoms with E-state index in [1.807, 2.05) is 30.3 Å². The number of hydrogen-bond donors (Lipinski definition) is 2. The topological polar surface area (TPSA) is 72.5 Å². The van der Waals surface area contributed by atoms with Crippen molar-refractivity contribution in [2.24, 2.45) is 5.73 Å². The second kappa shape index (κ2) is 6.86. The van der Waals surface area contributed by atoms with Crippen molar-refractivity contribution in [3.05, 3.63) is 35.9 Å². The van der Waals surface area contributed by atoms with Crippen LogP contribution in [-0.4, -0.2) is 29.3 Å². The van der Waals surface area contributed by atoms with Crippen LogP contribution in [0.3, 0.4) is 0 Å². The molecule has 0 aliphatic heterocycles. The summed E-state index contributed by atoms with van der Waals surface area (Å²) in [5, 5.41) is 9.43. The number of rotatable bonds is 6. The molecule has 0 aromatic heterocycles. The van der Waals surface area contributed by atoms with E-state index in [1.54, 1.807) is 0 Å². The molecule has 1 fully saturated rings. The fourth-order valence-electron chi connectivity index (χ4n) is 2.79. The highest BCUT2D eigenvalue weighted by Gasteiger charge is 2.40. The predicted octanol–water partition coefficient (Wildman–Crippen LogP) is 2.36. The van der Waals surface area contributed by atoms with Crippen molar-refractivity contribution in [3.8, 4) is 0 Å². The first-order valence-electron chi connectivity index (χ1n) is 7.29. The molecule has 4 nitrogen and oxygen atoms in total. The van der Waals surface area contributed by atoms with Gasteiger partial charge in [-0.25, -0.2) is 4.79 Å². The minimum atomic E-state index is -1.01. The lowest BCUT2D eigenvalue weighted by atomic mass is 9.84. The van der Waals surface area contributed by atoms with Crippen molar-refractivity contribution in [2.75, 3.05) is 6.61 Å². The van der Waals surface area contributed by atoms with Gasteiger partial charge in [0.1, 0.15) is 0 Å². The number of ether oxygens (including phenoxy) is 1. The molecule has 20 heavy (non-hydrogen) atoms. The summed E-state index contributed by atoms with van der Waals surface area (Å²) in [6.45, 7) is 0.293. The summed E-state index contributed by atoms with van der Waals surface area (Å²) in [6.07, 6.45) is 4.83. The molecule has 110 valence electrons. The molecular formula is C16H23NO3. The van der Waals surface area contributed by atoms with Crippen LogP contribution in [0.2, 0.25) is 0 Å². The van der Waals surface area contributed by atoms with Crippen molar-refractivity contribution in [1.29, 1.82) is 0 Å². The third kappa shape index (κ3) is 3.81. The molecule has 1 atom stereocenters. The number of benzene rings is 1. The van der Waals surface area contributed by atoms with Crippen LogP contribution in [0.15, 0.2) is 30.3 Å². The first kappa shape index (κ1) is 15.0. The fraction of sp³-hybridized carbons (Fsp3) is 0.562. The van der Waals surface area contributed by atoms with Gasteiger partial charge in [-0.3, -0.25) is 0 Å². The smallest absolute Gasteiger partial charge is 0.335 e. The Bertz CT molecular complexity index is 427. The number of carboxylic acids is 1. The number of carbonyl (C=O) groups is 1. The molecular weight excluding hydrogens is 254 g/mol. The molecule has 0 heterocycles. The molecule has 0 saturated heterocycles. The second-order valence-corrected chi connectivity index (χ2v) is 5.62. The van der Waals surface area contributed by atoms with E-state index in [0.717, 1.165) is 24.8 Å². The normalized spacial score (nSPS) is 19.4. The number of aliphatic carboxylic acids is 1. The van der Waals surface area contributed by atoms with Crippen molar-refractivity contribution in [2.45, 2.75) is 50.2 Å². The standard InChI is InChI=1S/C16H23NO3/c17-14(11-13-7-3-1-4-8-13)12-20-16(15(18)19)9-5-2-6-10-16/h1,3-4,7-8,14H,2,5-6,9-12,17H2,(H,18,19). The summed E-state index contributed by atoms with van der Waals surface area (Å²) < 4.78 is 5.74. The molecule has 2 rings (SSSR count). The maximum Gasteiger partial charge on any atom is 0.335 e. The van der Waals surface area contributed by atoms with Crippen molar-refractivity contribution in [3.63, 3.8) is 0 Å². The van der Waals surface area contributed by atoms with Gasteiger partial charge < -0.3 is 15.6 Å². The minimum Gasteiger partial charge on any atom is -0.479 e. The molecule has 1 unspecified atom stereocenters. The van der Waals surface area contributed by atoms with Gasteiger partial charge >= 0.3 is 5.97 Å². The average Bonchev–Trinajstić information content (AvgIpc) is 2.47. The molecule has 3 N–H and O–H groups in total. The Morgan fingerprint density at radius 2 is 1.90 bits per heavy atom.